The Labute approximate surface area is 120 Å². The molecular formula is C14H12Cl2FNO. The molecule has 0 bridgehead atoms. The van der Waals surface area contributed by atoms with E-state index in [9.17, 15) is 4.39 Å². The van der Waals surface area contributed by atoms with Crippen molar-refractivity contribution in [2.24, 2.45) is 5.73 Å². The SMILES string of the molecule is NCc1cc(F)cc(OCc2cccc(Cl)c2Cl)c1. The predicted octanol–water partition coefficient (Wildman–Crippen LogP) is 4.17. The van der Waals surface area contributed by atoms with Crippen LogP contribution in [0, 0.1) is 5.82 Å². The summed E-state index contributed by atoms with van der Waals surface area (Å²) in [6, 6.07) is 9.65. The molecule has 0 unspecified atom stereocenters. The maximum Gasteiger partial charge on any atom is 0.127 e. The highest BCUT2D eigenvalue weighted by molar-refractivity contribution is 6.42. The summed E-state index contributed by atoms with van der Waals surface area (Å²) in [7, 11) is 0. The van der Waals surface area contributed by atoms with Gasteiger partial charge in [-0.3, -0.25) is 0 Å². The van der Waals surface area contributed by atoms with Gasteiger partial charge in [-0.05, 0) is 23.8 Å². The van der Waals surface area contributed by atoms with E-state index in [1.54, 1.807) is 24.3 Å². The van der Waals surface area contributed by atoms with Crippen molar-refractivity contribution in [1.29, 1.82) is 0 Å². The van der Waals surface area contributed by atoms with E-state index in [0.29, 0.717) is 21.4 Å². The summed E-state index contributed by atoms with van der Waals surface area (Å²) in [6.45, 7) is 0.471. The molecule has 0 saturated heterocycles. The molecule has 0 spiro atoms. The Morgan fingerprint density at radius 3 is 2.68 bits per heavy atom. The molecule has 0 heterocycles. The number of ether oxygens (including phenoxy) is 1. The van der Waals surface area contributed by atoms with Crippen LogP contribution in [0.4, 0.5) is 4.39 Å². The number of rotatable bonds is 4. The zero-order chi connectivity index (χ0) is 13.8. The van der Waals surface area contributed by atoms with E-state index >= 15 is 0 Å². The van der Waals surface area contributed by atoms with Gasteiger partial charge in [-0.1, -0.05) is 35.3 Å². The van der Waals surface area contributed by atoms with Crippen molar-refractivity contribution >= 4 is 23.2 Å². The van der Waals surface area contributed by atoms with Gasteiger partial charge >= 0.3 is 0 Å². The Morgan fingerprint density at radius 2 is 1.95 bits per heavy atom. The van der Waals surface area contributed by atoms with Crippen LogP contribution < -0.4 is 10.5 Å². The quantitative estimate of drug-likeness (QED) is 0.919. The van der Waals surface area contributed by atoms with Gasteiger partial charge in [-0.25, -0.2) is 4.39 Å². The Morgan fingerprint density at radius 1 is 1.16 bits per heavy atom. The van der Waals surface area contributed by atoms with Crippen LogP contribution >= 0.6 is 23.2 Å². The standard InChI is InChI=1S/C14H12Cl2FNO/c15-13-3-1-2-10(14(13)16)8-19-12-5-9(7-18)4-11(17)6-12/h1-6H,7-8,18H2. The average Bonchev–Trinajstić information content (AvgIpc) is 2.40. The average molecular weight is 300 g/mol. The lowest BCUT2D eigenvalue weighted by atomic mass is 10.2. The summed E-state index contributed by atoms with van der Waals surface area (Å²) < 4.78 is 18.8. The van der Waals surface area contributed by atoms with E-state index in [-0.39, 0.29) is 19.0 Å². The van der Waals surface area contributed by atoms with Crippen LogP contribution in [0.2, 0.25) is 10.0 Å². The number of benzene rings is 2. The molecule has 2 nitrogen and oxygen atoms in total. The molecule has 0 aromatic heterocycles. The van der Waals surface area contributed by atoms with E-state index < -0.39 is 0 Å². The van der Waals surface area contributed by atoms with Gasteiger partial charge in [0, 0.05) is 18.2 Å². The van der Waals surface area contributed by atoms with Crippen LogP contribution in [0.1, 0.15) is 11.1 Å². The molecule has 2 aromatic carbocycles. The molecule has 5 heteroatoms. The molecule has 0 aliphatic heterocycles. The molecule has 0 atom stereocenters. The van der Waals surface area contributed by atoms with Crippen LogP contribution in [0.5, 0.6) is 5.75 Å². The van der Waals surface area contributed by atoms with Crippen molar-refractivity contribution in [1.82, 2.24) is 0 Å². The van der Waals surface area contributed by atoms with Crippen molar-refractivity contribution in [3.63, 3.8) is 0 Å². The largest absolute Gasteiger partial charge is 0.489 e. The van der Waals surface area contributed by atoms with E-state index in [4.69, 9.17) is 33.7 Å². The zero-order valence-electron chi connectivity index (χ0n) is 10.00. The first-order valence-corrected chi connectivity index (χ1v) is 6.41. The van der Waals surface area contributed by atoms with Gasteiger partial charge in [0.15, 0.2) is 0 Å². The molecule has 19 heavy (non-hydrogen) atoms. The highest BCUT2D eigenvalue weighted by atomic mass is 35.5. The third-order valence-corrected chi connectivity index (χ3v) is 3.45. The van der Waals surface area contributed by atoms with Crippen molar-refractivity contribution in [3.8, 4) is 5.75 Å². The molecule has 0 saturated carbocycles. The molecule has 0 aliphatic carbocycles. The van der Waals surface area contributed by atoms with E-state index in [1.165, 1.54) is 12.1 Å². The normalized spacial score (nSPS) is 10.5. The Hall–Kier alpha value is -1.29. The molecule has 100 valence electrons. The third-order valence-electron chi connectivity index (χ3n) is 2.59. The lowest BCUT2D eigenvalue weighted by Gasteiger charge is -2.10. The minimum absolute atomic E-state index is 0.215. The fourth-order valence-electron chi connectivity index (χ4n) is 1.64. The summed E-state index contributed by atoms with van der Waals surface area (Å²) in [4.78, 5) is 0. The first-order chi connectivity index (χ1) is 9.10. The molecule has 2 aromatic rings. The Balaban J connectivity index is 2.14. The molecule has 0 aliphatic rings. The zero-order valence-corrected chi connectivity index (χ0v) is 11.5. The van der Waals surface area contributed by atoms with Gasteiger partial charge in [0.2, 0.25) is 0 Å². The van der Waals surface area contributed by atoms with Gasteiger partial charge in [0.1, 0.15) is 18.2 Å². The minimum atomic E-state index is -0.379. The van der Waals surface area contributed by atoms with Crippen LogP contribution in [-0.2, 0) is 13.2 Å². The van der Waals surface area contributed by atoms with E-state index in [2.05, 4.69) is 0 Å². The van der Waals surface area contributed by atoms with Crippen molar-refractivity contribution in [3.05, 3.63) is 63.4 Å². The lowest BCUT2D eigenvalue weighted by Crippen LogP contribution is -2.00. The van der Waals surface area contributed by atoms with Crippen molar-refractivity contribution in [2.45, 2.75) is 13.2 Å². The summed E-state index contributed by atoms with van der Waals surface area (Å²) in [6.07, 6.45) is 0. The Kier molecular flexibility index (Phi) is 4.64. The highest BCUT2D eigenvalue weighted by Gasteiger charge is 2.06. The fourth-order valence-corrected chi connectivity index (χ4v) is 2.02. The lowest BCUT2D eigenvalue weighted by molar-refractivity contribution is 0.304. The van der Waals surface area contributed by atoms with Gasteiger partial charge in [0.05, 0.1) is 10.0 Å². The molecule has 2 rings (SSSR count). The smallest absolute Gasteiger partial charge is 0.127 e. The minimum Gasteiger partial charge on any atom is -0.489 e. The first-order valence-electron chi connectivity index (χ1n) is 5.65. The van der Waals surface area contributed by atoms with E-state index in [0.717, 1.165) is 5.56 Å². The number of halogens is 3. The highest BCUT2D eigenvalue weighted by Crippen LogP contribution is 2.27. The summed E-state index contributed by atoms with van der Waals surface area (Å²) in [5, 5.41) is 0.907. The van der Waals surface area contributed by atoms with Gasteiger partial charge in [-0.15, -0.1) is 0 Å². The van der Waals surface area contributed by atoms with Crippen LogP contribution in [-0.4, -0.2) is 0 Å². The molecule has 0 fully saturated rings. The maximum atomic E-state index is 13.3. The number of hydrogen-bond donors (Lipinski definition) is 1. The van der Waals surface area contributed by atoms with Crippen molar-refractivity contribution < 1.29 is 9.13 Å². The number of hydrogen-bond acceptors (Lipinski definition) is 2. The Bertz CT molecular complexity index is 590. The van der Waals surface area contributed by atoms with Crippen LogP contribution in [0.3, 0.4) is 0 Å². The summed E-state index contributed by atoms with van der Waals surface area (Å²) in [5.41, 5.74) is 6.89. The molecule has 2 N–H and O–H groups in total. The second-order valence-electron chi connectivity index (χ2n) is 4.00. The van der Waals surface area contributed by atoms with Gasteiger partial charge < -0.3 is 10.5 Å². The molecular weight excluding hydrogens is 288 g/mol. The summed E-state index contributed by atoms with van der Waals surface area (Å²) >= 11 is 11.9. The second kappa shape index (κ2) is 6.24. The van der Waals surface area contributed by atoms with Crippen LogP contribution in [0.15, 0.2) is 36.4 Å². The topological polar surface area (TPSA) is 35.2 Å². The predicted molar refractivity (Wildman–Crippen MR) is 75.1 cm³/mol. The van der Waals surface area contributed by atoms with Crippen LogP contribution in [0.25, 0.3) is 0 Å². The van der Waals surface area contributed by atoms with E-state index in [1.807, 2.05) is 0 Å². The van der Waals surface area contributed by atoms with Gasteiger partial charge in [0.25, 0.3) is 0 Å². The molecule has 0 radical (unpaired) electrons. The fraction of sp³-hybridized carbons (Fsp3) is 0.143. The maximum absolute atomic E-state index is 13.3. The second-order valence-corrected chi connectivity index (χ2v) is 4.79. The number of nitrogens with two attached hydrogens (primary N) is 1. The monoisotopic (exact) mass is 299 g/mol. The molecule has 0 amide bonds. The third kappa shape index (κ3) is 3.60. The first kappa shape index (κ1) is 14.1. The van der Waals surface area contributed by atoms with Gasteiger partial charge in [-0.2, -0.15) is 0 Å². The summed E-state index contributed by atoms with van der Waals surface area (Å²) in [5.74, 6) is 0.0339. The van der Waals surface area contributed by atoms with Crippen molar-refractivity contribution in [2.75, 3.05) is 0 Å².